The number of ether oxygens (including phenoxy) is 1. The molecule has 2 N–H and O–H groups in total. The molecule has 0 spiro atoms. The second-order valence-electron chi connectivity index (χ2n) is 6.02. The monoisotopic (exact) mass is 361 g/mol. The molecule has 2 aliphatic heterocycles. The molecule has 7 heteroatoms. The molecule has 1 atom stereocenters. The number of benzene rings is 1. The molecule has 1 aromatic carbocycles. The highest BCUT2D eigenvalue weighted by atomic mass is 32.2. The lowest BCUT2D eigenvalue weighted by Crippen LogP contribution is -2.51. The van der Waals surface area contributed by atoms with Gasteiger partial charge in [0.15, 0.2) is 0 Å². The predicted molar refractivity (Wildman–Crippen MR) is 98.8 cm³/mol. The molecule has 0 radical (unpaired) electrons. The first-order valence-corrected chi connectivity index (χ1v) is 9.53. The largest absolute Gasteiger partial charge is 0.463 e. The van der Waals surface area contributed by atoms with Gasteiger partial charge in [-0.1, -0.05) is 12.1 Å². The third-order valence-corrected chi connectivity index (χ3v) is 5.40. The molecule has 0 aliphatic carbocycles. The third kappa shape index (κ3) is 3.92. The van der Waals surface area contributed by atoms with Gasteiger partial charge in [-0.2, -0.15) is 0 Å². The Morgan fingerprint density at radius 2 is 2.20 bits per heavy atom. The van der Waals surface area contributed by atoms with E-state index in [0.717, 1.165) is 24.4 Å². The van der Waals surface area contributed by atoms with Crippen molar-refractivity contribution in [3.8, 4) is 0 Å². The highest BCUT2D eigenvalue weighted by Gasteiger charge is 2.31. The quantitative estimate of drug-likeness (QED) is 0.807. The Morgan fingerprint density at radius 3 is 3.00 bits per heavy atom. The number of fused-ring (bicyclic) bond motifs is 1. The fourth-order valence-electron chi connectivity index (χ4n) is 3.16. The summed E-state index contributed by atoms with van der Waals surface area (Å²) in [5.41, 5.74) is 2.26. The molecule has 2 amide bonds. The number of carbonyl (C=O) groups excluding carboxylic acids is 2. The van der Waals surface area contributed by atoms with E-state index in [2.05, 4.69) is 27.7 Å². The van der Waals surface area contributed by atoms with E-state index in [-0.39, 0.29) is 18.0 Å². The molecule has 0 fully saturated rings. The molecule has 0 bridgehead atoms. The average molecular weight is 361 g/mol. The Hall–Kier alpha value is -2.15. The number of nitrogens with one attached hydrogen (secondary N) is 2. The van der Waals surface area contributed by atoms with Crippen molar-refractivity contribution in [3.63, 3.8) is 0 Å². The summed E-state index contributed by atoms with van der Waals surface area (Å²) in [5, 5.41) is 5.55. The summed E-state index contributed by atoms with van der Waals surface area (Å²) in [6.45, 7) is 5.24. The Labute approximate surface area is 152 Å². The molecule has 2 aliphatic rings. The third-order valence-electron chi connectivity index (χ3n) is 4.25. The van der Waals surface area contributed by atoms with Crippen LogP contribution in [-0.4, -0.2) is 43.5 Å². The number of hydrogen-bond donors (Lipinski definition) is 2. The molecular weight excluding hydrogens is 338 g/mol. The van der Waals surface area contributed by atoms with E-state index in [1.165, 1.54) is 4.90 Å². The van der Waals surface area contributed by atoms with Crippen molar-refractivity contribution >= 4 is 29.4 Å². The van der Waals surface area contributed by atoms with Crippen LogP contribution in [0.25, 0.3) is 0 Å². The number of urea groups is 1. The zero-order chi connectivity index (χ0) is 17.8. The van der Waals surface area contributed by atoms with Gasteiger partial charge < -0.3 is 20.3 Å². The first-order chi connectivity index (χ1) is 12.1. The standard InChI is InChI=1S/C18H23N3O3S/c1-3-24-17(22)16-12(2)19-18(23)20-13(16)11-21-9-6-10-25-15-8-5-4-7-14(15)21/h4-5,7-8,12H,3,6,9-11H2,1-2H3,(H2,19,20,23). The van der Waals surface area contributed by atoms with Gasteiger partial charge in [-0.25, -0.2) is 9.59 Å². The van der Waals surface area contributed by atoms with Crippen molar-refractivity contribution in [3.05, 3.63) is 35.5 Å². The number of rotatable bonds is 4. The fourth-order valence-corrected chi connectivity index (χ4v) is 4.17. The van der Waals surface area contributed by atoms with Crippen LogP contribution in [0.1, 0.15) is 20.3 Å². The van der Waals surface area contributed by atoms with Crippen LogP contribution in [0.5, 0.6) is 0 Å². The number of carbonyl (C=O) groups is 2. The molecule has 0 aromatic heterocycles. The summed E-state index contributed by atoms with van der Waals surface area (Å²) in [4.78, 5) is 27.8. The summed E-state index contributed by atoms with van der Waals surface area (Å²) >= 11 is 1.84. The minimum Gasteiger partial charge on any atom is -0.463 e. The molecular formula is C18H23N3O3S. The van der Waals surface area contributed by atoms with Crippen LogP contribution in [0.15, 0.2) is 40.4 Å². The van der Waals surface area contributed by atoms with Gasteiger partial charge in [0.1, 0.15) is 0 Å². The van der Waals surface area contributed by atoms with E-state index in [4.69, 9.17) is 4.74 Å². The number of amides is 2. The normalized spacial score (nSPS) is 20.3. The maximum Gasteiger partial charge on any atom is 0.337 e. The fraction of sp³-hybridized carbons (Fsp3) is 0.444. The average Bonchev–Trinajstić information content (AvgIpc) is 2.77. The van der Waals surface area contributed by atoms with Crippen molar-refractivity contribution in [1.82, 2.24) is 10.6 Å². The molecule has 6 nitrogen and oxygen atoms in total. The molecule has 1 aromatic rings. The van der Waals surface area contributed by atoms with Gasteiger partial charge in [0, 0.05) is 11.4 Å². The predicted octanol–water partition coefficient (Wildman–Crippen LogP) is 2.51. The van der Waals surface area contributed by atoms with Gasteiger partial charge in [-0.15, -0.1) is 11.8 Å². The second kappa shape index (κ2) is 7.82. The van der Waals surface area contributed by atoms with Gasteiger partial charge in [0.05, 0.1) is 36.2 Å². The zero-order valence-electron chi connectivity index (χ0n) is 14.5. The van der Waals surface area contributed by atoms with Crippen molar-refractivity contribution in [2.45, 2.75) is 31.2 Å². The number of hydrogen-bond acceptors (Lipinski definition) is 5. The van der Waals surface area contributed by atoms with Crippen LogP contribution < -0.4 is 15.5 Å². The number of nitrogens with zero attached hydrogens (tertiary/aromatic N) is 1. The minimum absolute atomic E-state index is 0.284. The number of esters is 1. The Kier molecular flexibility index (Phi) is 5.53. The van der Waals surface area contributed by atoms with E-state index in [9.17, 15) is 9.59 Å². The van der Waals surface area contributed by atoms with Gasteiger partial charge in [-0.3, -0.25) is 0 Å². The molecule has 134 valence electrons. The number of para-hydroxylation sites is 1. The first kappa shape index (κ1) is 17.7. The SMILES string of the molecule is CCOC(=O)C1=C(CN2CCCSc3ccccc32)NC(=O)NC1C. The Balaban J connectivity index is 1.94. The van der Waals surface area contributed by atoms with Crippen molar-refractivity contribution in [2.24, 2.45) is 0 Å². The smallest absolute Gasteiger partial charge is 0.337 e. The van der Waals surface area contributed by atoms with Crippen molar-refractivity contribution in [1.29, 1.82) is 0 Å². The van der Waals surface area contributed by atoms with E-state index < -0.39 is 0 Å². The Bertz CT molecular complexity index is 705. The maximum absolute atomic E-state index is 12.4. The van der Waals surface area contributed by atoms with E-state index >= 15 is 0 Å². The summed E-state index contributed by atoms with van der Waals surface area (Å²) < 4.78 is 5.19. The van der Waals surface area contributed by atoms with E-state index in [0.29, 0.717) is 24.4 Å². The number of thioether (sulfide) groups is 1. The van der Waals surface area contributed by atoms with E-state index in [1.54, 1.807) is 13.8 Å². The lowest BCUT2D eigenvalue weighted by Gasteiger charge is -2.31. The maximum atomic E-state index is 12.4. The number of anilines is 1. The lowest BCUT2D eigenvalue weighted by atomic mass is 10.0. The molecule has 3 rings (SSSR count). The molecule has 1 unspecified atom stereocenters. The summed E-state index contributed by atoms with van der Waals surface area (Å²) in [7, 11) is 0. The van der Waals surface area contributed by atoms with Gasteiger partial charge in [0.25, 0.3) is 0 Å². The summed E-state index contributed by atoms with van der Waals surface area (Å²) in [6, 6.07) is 7.59. The van der Waals surface area contributed by atoms with Crippen LogP contribution in [-0.2, 0) is 9.53 Å². The van der Waals surface area contributed by atoms with E-state index in [1.807, 2.05) is 23.9 Å². The van der Waals surface area contributed by atoms with Crippen LogP contribution in [0.2, 0.25) is 0 Å². The van der Waals surface area contributed by atoms with Gasteiger partial charge in [-0.05, 0) is 38.2 Å². The lowest BCUT2D eigenvalue weighted by molar-refractivity contribution is -0.139. The Morgan fingerprint density at radius 1 is 1.40 bits per heavy atom. The van der Waals surface area contributed by atoms with Gasteiger partial charge in [0.2, 0.25) is 0 Å². The highest BCUT2D eigenvalue weighted by molar-refractivity contribution is 7.99. The second-order valence-corrected chi connectivity index (χ2v) is 7.16. The highest BCUT2D eigenvalue weighted by Crippen LogP contribution is 2.34. The van der Waals surface area contributed by atoms with Crippen molar-refractivity contribution in [2.75, 3.05) is 30.3 Å². The molecule has 2 heterocycles. The van der Waals surface area contributed by atoms with Crippen LogP contribution in [0.3, 0.4) is 0 Å². The summed E-state index contributed by atoms with van der Waals surface area (Å²) in [5.74, 6) is 0.678. The molecule has 0 saturated carbocycles. The zero-order valence-corrected chi connectivity index (χ0v) is 15.3. The van der Waals surface area contributed by atoms with Crippen LogP contribution >= 0.6 is 11.8 Å². The molecule has 25 heavy (non-hydrogen) atoms. The summed E-state index contributed by atoms with van der Waals surface area (Å²) in [6.07, 6.45) is 1.04. The van der Waals surface area contributed by atoms with Crippen molar-refractivity contribution < 1.29 is 14.3 Å². The molecule has 0 saturated heterocycles. The minimum atomic E-state index is -0.380. The van der Waals surface area contributed by atoms with Gasteiger partial charge >= 0.3 is 12.0 Å². The topological polar surface area (TPSA) is 70.7 Å². The first-order valence-electron chi connectivity index (χ1n) is 8.54. The van der Waals surface area contributed by atoms with Crippen LogP contribution in [0.4, 0.5) is 10.5 Å². The van der Waals surface area contributed by atoms with Crippen LogP contribution in [0, 0.1) is 0 Å².